The normalized spacial score (nSPS) is 17.8. The molecule has 1 heterocycles. The van der Waals surface area contributed by atoms with Crippen molar-refractivity contribution in [1.29, 1.82) is 0 Å². The van der Waals surface area contributed by atoms with Crippen LogP contribution >= 0.6 is 0 Å². The van der Waals surface area contributed by atoms with Gasteiger partial charge in [-0.15, -0.1) is 0 Å². The predicted molar refractivity (Wildman–Crippen MR) is 79.8 cm³/mol. The van der Waals surface area contributed by atoms with Gasteiger partial charge in [0.2, 0.25) is 5.91 Å². The molecule has 5 heteroatoms. The molecule has 21 heavy (non-hydrogen) atoms. The Balaban J connectivity index is 2.28. The molecule has 0 aromatic heterocycles. The Bertz CT molecular complexity index is 601. The monoisotopic (exact) mass is 289 g/mol. The van der Waals surface area contributed by atoms with Crippen molar-refractivity contribution in [1.82, 2.24) is 10.2 Å². The molecule has 0 atom stereocenters. The third-order valence-corrected chi connectivity index (χ3v) is 3.77. The van der Waals surface area contributed by atoms with Crippen molar-refractivity contribution < 1.29 is 9.18 Å². The molecule has 1 fully saturated rings. The second-order valence-corrected chi connectivity index (χ2v) is 5.54. The highest BCUT2D eigenvalue weighted by molar-refractivity contribution is 5.86. The standard InChI is InChI=1S/C16H20FN3O/c1-16(2)15(21)19-8-9-20(16)11-13-5-6-14(17)10-12(13)4-3-7-18/h5-6,10H,7-9,11,18H2,1-2H3,(H,19,21). The molecule has 3 N–H and O–H groups in total. The Morgan fingerprint density at radius 1 is 1.48 bits per heavy atom. The molecule has 2 rings (SSSR count). The number of amides is 1. The van der Waals surface area contributed by atoms with Crippen LogP contribution in [-0.2, 0) is 11.3 Å². The Morgan fingerprint density at radius 3 is 2.95 bits per heavy atom. The van der Waals surface area contributed by atoms with Crippen molar-refractivity contribution in [3.8, 4) is 11.8 Å². The lowest BCUT2D eigenvalue weighted by Gasteiger charge is -2.41. The van der Waals surface area contributed by atoms with E-state index in [4.69, 9.17) is 5.73 Å². The molecule has 0 unspecified atom stereocenters. The molecule has 0 radical (unpaired) electrons. The van der Waals surface area contributed by atoms with Gasteiger partial charge in [-0.1, -0.05) is 17.9 Å². The largest absolute Gasteiger partial charge is 0.353 e. The van der Waals surface area contributed by atoms with Crippen molar-refractivity contribution in [3.05, 3.63) is 35.1 Å². The summed E-state index contributed by atoms with van der Waals surface area (Å²) in [4.78, 5) is 14.0. The minimum absolute atomic E-state index is 0.00505. The molecule has 1 amide bonds. The Labute approximate surface area is 124 Å². The van der Waals surface area contributed by atoms with E-state index < -0.39 is 5.54 Å². The number of carbonyl (C=O) groups is 1. The summed E-state index contributed by atoms with van der Waals surface area (Å²) in [5, 5.41) is 2.86. The van der Waals surface area contributed by atoms with Gasteiger partial charge in [0, 0.05) is 25.2 Å². The molecule has 1 saturated heterocycles. The highest BCUT2D eigenvalue weighted by Gasteiger charge is 2.37. The molecule has 0 bridgehead atoms. The van der Waals surface area contributed by atoms with E-state index in [1.165, 1.54) is 12.1 Å². The summed E-state index contributed by atoms with van der Waals surface area (Å²) in [6, 6.07) is 4.55. The van der Waals surface area contributed by atoms with Crippen LogP contribution < -0.4 is 11.1 Å². The number of carbonyl (C=O) groups excluding carboxylic acids is 1. The van der Waals surface area contributed by atoms with E-state index in [1.54, 1.807) is 6.07 Å². The second-order valence-electron chi connectivity index (χ2n) is 5.54. The zero-order chi connectivity index (χ0) is 15.5. The average Bonchev–Trinajstić information content (AvgIpc) is 2.44. The van der Waals surface area contributed by atoms with Crippen molar-refractivity contribution in [2.24, 2.45) is 5.73 Å². The first kappa shape index (κ1) is 15.5. The number of rotatable bonds is 2. The van der Waals surface area contributed by atoms with Crippen molar-refractivity contribution in [2.45, 2.75) is 25.9 Å². The highest BCUT2D eigenvalue weighted by atomic mass is 19.1. The van der Waals surface area contributed by atoms with Gasteiger partial charge in [-0.2, -0.15) is 0 Å². The summed E-state index contributed by atoms with van der Waals surface area (Å²) >= 11 is 0. The first-order valence-electron chi connectivity index (χ1n) is 6.96. The topological polar surface area (TPSA) is 58.4 Å². The van der Waals surface area contributed by atoms with E-state index in [-0.39, 0.29) is 18.3 Å². The minimum atomic E-state index is -0.592. The molecular formula is C16H20FN3O. The van der Waals surface area contributed by atoms with E-state index >= 15 is 0 Å². The smallest absolute Gasteiger partial charge is 0.240 e. The Kier molecular flexibility index (Phi) is 4.61. The summed E-state index contributed by atoms with van der Waals surface area (Å²) < 4.78 is 13.4. The highest BCUT2D eigenvalue weighted by Crippen LogP contribution is 2.22. The fourth-order valence-electron chi connectivity index (χ4n) is 2.38. The van der Waals surface area contributed by atoms with Crippen molar-refractivity contribution in [3.63, 3.8) is 0 Å². The van der Waals surface area contributed by atoms with Gasteiger partial charge in [0.05, 0.1) is 12.1 Å². The van der Waals surface area contributed by atoms with E-state index in [2.05, 4.69) is 22.1 Å². The summed E-state index contributed by atoms with van der Waals surface area (Å²) in [6.45, 7) is 5.92. The summed E-state index contributed by atoms with van der Waals surface area (Å²) in [6.07, 6.45) is 0. The van der Waals surface area contributed by atoms with Gasteiger partial charge in [0.25, 0.3) is 0 Å². The van der Waals surface area contributed by atoms with Crippen molar-refractivity contribution in [2.75, 3.05) is 19.6 Å². The van der Waals surface area contributed by atoms with E-state index in [0.29, 0.717) is 18.7 Å². The lowest BCUT2D eigenvalue weighted by molar-refractivity contribution is -0.135. The maximum absolute atomic E-state index is 13.4. The molecule has 1 aliphatic rings. The van der Waals surface area contributed by atoms with Crippen LogP contribution in [0.15, 0.2) is 18.2 Å². The van der Waals surface area contributed by atoms with E-state index in [9.17, 15) is 9.18 Å². The van der Waals surface area contributed by atoms with Crippen LogP contribution in [0.4, 0.5) is 4.39 Å². The number of hydrogen-bond donors (Lipinski definition) is 2. The van der Waals surface area contributed by atoms with Crippen LogP contribution in [0.5, 0.6) is 0 Å². The molecule has 112 valence electrons. The van der Waals surface area contributed by atoms with Gasteiger partial charge < -0.3 is 11.1 Å². The molecule has 0 spiro atoms. The van der Waals surface area contributed by atoms with Crippen LogP contribution in [0.1, 0.15) is 25.0 Å². The number of benzene rings is 1. The molecular weight excluding hydrogens is 269 g/mol. The first-order valence-corrected chi connectivity index (χ1v) is 6.96. The van der Waals surface area contributed by atoms with Crippen LogP contribution in [0, 0.1) is 17.7 Å². The first-order chi connectivity index (χ1) is 9.95. The number of nitrogens with two attached hydrogens (primary N) is 1. The molecule has 0 aliphatic carbocycles. The van der Waals surface area contributed by atoms with Gasteiger partial charge in [-0.05, 0) is 31.5 Å². The lowest BCUT2D eigenvalue weighted by atomic mass is 9.97. The third-order valence-electron chi connectivity index (χ3n) is 3.77. The minimum Gasteiger partial charge on any atom is -0.353 e. The fourth-order valence-corrected chi connectivity index (χ4v) is 2.38. The zero-order valence-corrected chi connectivity index (χ0v) is 12.4. The molecule has 1 aromatic carbocycles. The van der Waals surface area contributed by atoms with Crippen LogP contribution in [0.3, 0.4) is 0 Å². The Morgan fingerprint density at radius 2 is 2.24 bits per heavy atom. The number of halogens is 1. The van der Waals surface area contributed by atoms with Crippen LogP contribution in [-0.4, -0.2) is 36.0 Å². The van der Waals surface area contributed by atoms with Gasteiger partial charge >= 0.3 is 0 Å². The van der Waals surface area contributed by atoms with Gasteiger partial charge in [0.1, 0.15) is 5.82 Å². The summed E-state index contributed by atoms with van der Waals surface area (Å²) in [7, 11) is 0. The second kappa shape index (κ2) is 6.25. The van der Waals surface area contributed by atoms with Gasteiger partial charge in [-0.3, -0.25) is 9.69 Å². The van der Waals surface area contributed by atoms with Gasteiger partial charge in [0.15, 0.2) is 0 Å². The SMILES string of the molecule is CC1(C)C(=O)NCCN1Cc1ccc(F)cc1C#CCN. The van der Waals surface area contributed by atoms with E-state index in [1.807, 2.05) is 13.8 Å². The van der Waals surface area contributed by atoms with Crippen LogP contribution in [0.2, 0.25) is 0 Å². The summed E-state index contributed by atoms with van der Waals surface area (Å²) in [5.74, 6) is 5.33. The lowest BCUT2D eigenvalue weighted by Crippen LogP contribution is -2.61. The zero-order valence-electron chi connectivity index (χ0n) is 12.4. The molecule has 0 saturated carbocycles. The quantitative estimate of drug-likeness (QED) is 0.794. The maximum Gasteiger partial charge on any atom is 0.240 e. The van der Waals surface area contributed by atoms with Gasteiger partial charge in [-0.25, -0.2) is 4.39 Å². The maximum atomic E-state index is 13.4. The molecule has 1 aromatic rings. The van der Waals surface area contributed by atoms with Crippen molar-refractivity contribution >= 4 is 5.91 Å². The number of nitrogens with zero attached hydrogens (tertiary/aromatic N) is 1. The summed E-state index contributed by atoms with van der Waals surface area (Å²) in [5.41, 5.74) is 6.32. The average molecular weight is 289 g/mol. The molecule has 4 nitrogen and oxygen atoms in total. The molecule has 1 aliphatic heterocycles. The third kappa shape index (κ3) is 3.41. The Hall–Kier alpha value is -1.90. The number of piperazine rings is 1. The van der Waals surface area contributed by atoms with E-state index in [0.717, 1.165) is 12.1 Å². The number of nitrogens with one attached hydrogen (secondary N) is 1. The predicted octanol–water partition coefficient (Wildman–Crippen LogP) is 0.846. The number of hydrogen-bond acceptors (Lipinski definition) is 3. The van der Waals surface area contributed by atoms with Crippen LogP contribution in [0.25, 0.3) is 0 Å². The fraction of sp³-hybridized carbons (Fsp3) is 0.438.